The van der Waals surface area contributed by atoms with Crippen LogP contribution in [0.25, 0.3) is 23.3 Å². The van der Waals surface area contributed by atoms with Crippen molar-refractivity contribution in [1.82, 2.24) is 0 Å². The van der Waals surface area contributed by atoms with Gasteiger partial charge in [0.25, 0.3) is 0 Å². The minimum absolute atomic E-state index is 0.00813. The van der Waals surface area contributed by atoms with Crippen molar-refractivity contribution in [3.05, 3.63) is 88.7 Å². The van der Waals surface area contributed by atoms with Crippen LogP contribution in [0.1, 0.15) is 48.3 Å². The smallest absolute Gasteiger partial charge is 0.166 e. The van der Waals surface area contributed by atoms with Gasteiger partial charge in [-0.2, -0.15) is 0 Å². The average molecular weight is 453 g/mol. The summed E-state index contributed by atoms with van der Waals surface area (Å²) in [6.45, 7) is 0.156. The second-order valence-corrected chi connectivity index (χ2v) is 8.57. The highest BCUT2D eigenvalue weighted by Crippen LogP contribution is 2.37. The molecule has 3 aromatic rings. The fourth-order valence-electron chi connectivity index (χ4n) is 4.50. The monoisotopic (exact) mass is 452 g/mol. The maximum atomic E-state index is 14.8. The van der Waals surface area contributed by atoms with E-state index in [9.17, 15) is 18.3 Å². The molecule has 33 heavy (non-hydrogen) atoms. The fourth-order valence-corrected chi connectivity index (χ4v) is 4.50. The third kappa shape index (κ3) is 5.14. The quantitative estimate of drug-likeness (QED) is 0.400. The molecule has 0 amide bonds. The van der Waals surface area contributed by atoms with E-state index < -0.39 is 11.6 Å². The molecule has 172 valence electrons. The average Bonchev–Trinajstić information content (AvgIpc) is 2.85. The zero-order valence-electron chi connectivity index (χ0n) is 18.5. The Hall–Kier alpha value is -3.05. The van der Waals surface area contributed by atoms with Crippen LogP contribution in [0, 0.1) is 23.4 Å². The number of aliphatic hydroxyl groups excluding tert-OH is 1. The van der Waals surface area contributed by atoms with Crippen molar-refractivity contribution >= 4 is 12.2 Å². The van der Waals surface area contributed by atoms with Crippen LogP contribution in [-0.2, 0) is 0 Å². The highest BCUT2D eigenvalue weighted by atomic mass is 19.2. The van der Waals surface area contributed by atoms with E-state index in [1.165, 1.54) is 13.2 Å². The van der Waals surface area contributed by atoms with Gasteiger partial charge in [0, 0.05) is 23.8 Å². The molecule has 0 saturated heterocycles. The summed E-state index contributed by atoms with van der Waals surface area (Å²) in [5, 5.41) is 9.28. The number of ether oxygens (including phenoxy) is 1. The van der Waals surface area contributed by atoms with E-state index in [0.29, 0.717) is 22.4 Å². The zero-order chi connectivity index (χ0) is 23.4. The van der Waals surface area contributed by atoms with Crippen LogP contribution < -0.4 is 4.74 Å². The molecule has 1 aliphatic rings. The van der Waals surface area contributed by atoms with Crippen molar-refractivity contribution in [2.75, 3.05) is 13.7 Å². The molecule has 1 aliphatic carbocycles. The third-order valence-corrected chi connectivity index (χ3v) is 6.54. The van der Waals surface area contributed by atoms with Gasteiger partial charge in [0.05, 0.1) is 7.11 Å². The van der Waals surface area contributed by atoms with E-state index in [4.69, 9.17) is 4.74 Å². The van der Waals surface area contributed by atoms with Crippen molar-refractivity contribution < 1.29 is 23.0 Å². The minimum Gasteiger partial charge on any atom is -0.497 e. The lowest BCUT2D eigenvalue weighted by Crippen LogP contribution is -2.17. The first kappa shape index (κ1) is 23.1. The second kappa shape index (κ2) is 10.3. The fraction of sp³-hybridized carbons (Fsp3) is 0.286. The van der Waals surface area contributed by atoms with E-state index in [1.54, 1.807) is 60.7 Å². The number of benzene rings is 3. The van der Waals surface area contributed by atoms with E-state index in [1.807, 2.05) is 0 Å². The summed E-state index contributed by atoms with van der Waals surface area (Å²) in [6.07, 6.45) is 6.45. The summed E-state index contributed by atoms with van der Waals surface area (Å²) in [7, 11) is 1.49. The van der Waals surface area contributed by atoms with Crippen molar-refractivity contribution in [2.45, 2.75) is 31.6 Å². The molecule has 0 unspecified atom stereocenters. The molecule has 0 radical (unpaired) electrons. The Bertz CT molecular complexity index is 1130. The van der Waals surface area contributed by atoms with Gasteiger partial charge in [0.15, 0.2) is 11.6 Å². The minimum atomic E-state index is -0.843. The van der Waals surface area contributed by atoms with Crippen LogP contribution >= 0.6 is 0 Å². The molecule has 2 nitrogen and oxygen atoms in total. The second-order valence-electron chi connectivity index (χ2n) is 8.57. The van der Waals surface area contributed by atoms with E-state index in [2.05, 4.69) is 0 Å². The molecule has 1 saturated carbocycles. The molecule has 0 aromatic heterocycles. The number of methoxy groups -OCH3 is 1. The molecule has 3 aromatic carbocycles. The summed E-state index contributed by atoms with van der Waals surface area (Å²) < 4.78 is 48.8. The molecule has 4 rings (SSSR count). The Morgan fingerprint density at radius 3 is 2.24 bits per heavy atom. The van der Waals surface area contributed by atoms with Crippen LogP contribution in [0.4, 0.5) is 13.2 Å². The topological polar surface area (TPSA) is 29.5 Å². The van der Waals surface area contributed by atoms with E-state index in [0.717, 1.165) is 31.2 Å². The molecule has 0 spiro atoms. The lowest BCUT2D eigenvalue weighted by Gasteiger charge is -2.28. The lowest BCUT2D eigenvalue weighted by atomic mass is 9.78. The molecular weight excluding hydrogens is 425 g/mol. The Kier molecular flexibility index (Phi) is 7.19. The zero-order valence-corrected chi connectivity index (χ0v) is 18.5. The van der Waals surface area contributed by atoms with Crippen LogP contribution in [0.3, 0.4) is 0 Å². The first-order valence-corrected chi connectivity index (χ1v) is 11.2. The molecule has 0 bridgehead atoms. The molecule has 0 atom stereocenters. The van der Waals surface area contributed by atoms with Crippen molar-refractivity contribution in [3.63, 3.8) is 0 Å². The van der Waals surface area contributed by atoms with Crippen molar-refractivity contribution in [1.29, 1.82) is 0 Å². The highest BCUT2D eigenvalue weighted by Gasteiger charge is 2.25. The molecule has 5 heteroatoms. The Balaban J connectivity index is 1.48. The summed E-state index contributed by atoms with van der Waals surface area (Å²) in [5.74, 6) is -1.29. The van der Waals surface area contributed by atoms with Crippen LogP contribution in [-0.4, -0.2) is 18.8 Å². The van der Waals surface area contributed by atoms with Crippen LogP contribution in [0.2, 0.25) is 0 Å². The number of halogens is 3. The molecule has 0 aliphatic heterocycles. The summed E-state index contributed by atoms with van der Waals surface area (Å²) >= 11 is 0. The lowest BCUT2D eigenvalue weighted by molar-refractivity contribution is 0.181. The summed E-state index contributed by atoms with van der Waals surface area (Å²) in [4.78, 5) is 0. The van der Waals surface area contributed by atoms with Gasteiger partial charge >= 0.3 is 0 Å². The normalized spacial score (nSPS) is 18.6. The maximum absolute atomic E-state index is 14.8. The van der Waals surface area contributed by atoms with E-state index >= 15 is 0 Å². The van der Waals surface area contributed by atoms with Gasteiger partial charge < -0.3 is 9.84 Å². The van der Waals surface area contributed by atoms with Gasteiger partial charge in [-0.3, -0.25) is 0 Å². The Morgan fingerprint density at radius 2 is 1.61 bits per heavy atom. The van der Waals surface area contributed by atoms with E-state index in [-0.39, 0.29) is 29.8 Å². The number of hydrogen-bond acceptors (Lipinski definition) is 2. The molecule has 0 heterocycles. The van der Waals surface area contributed by atoms with Gasteiger partial charge in [-0.05, 0) is 66.3 Å². The summed E-state index contributed by atoms with van der Waals surface area (Å²) in [5.41, 5.74) is 2.57. The predicted octanol–water partition coefficient (Wildman–Crippen LogP) is 7.22. The van der Waals surface area contributed by atoms with Gasteiger partial charge in [0.2, 0.25) is 0 Å². The molecule has 1 fully saturated rings. The standard InChI is InChI=1S/C28H27F3O2/c1-33-23-13-15-24(26(29)16-23)20-7-2-18(3-8-20)4-11-22-12-14-25(28(31)27(22)30)21-9-5-19(17-32)6-10-21/h2-4,7-8,11-16,19,21,32H,5-6,9-10,17H2,1H3/b11-4+. The van der Waals surface area contributed by atoms with Crippen LogP contribution in [0.5, 0.6) is 5.75 Å². The Labute approximate surface area is 192 Å². The predicted molar refractivity (Wildman–Crippen MR) is 125 cm³/mol. The number of hydrogen-bond donors (Lipinski definition) is 1. The first-order valence-electron chi connectivity index (χ1n) is 11.2. The van der Waals surface area contributed by atoms with Gasteiger partial charge in [0.1, 0.15) is 11.6 Å². The van der Waals surface area contributed by atoms with Gasteiger partial charge in [-0.15, -0.1) is 0 Å². The van der Waals surface area contributed by atoms with Crippen molar-refractivity contribution in [3.8, 4) is 16.9 Å². The summed E-state index contributed by atoms with van der Waals surface area (Å²) in [6, 6.07) is 15.2. The third-order valence-electron chi connectivity index (χ3n) is 6.54. The van der Waals surface area contributed by atoms with Crippen molar-refractivity contribution in [2.24, 2.45) is 5.92 Å². The Morgan fingerprint density at radius 1 is 0.879 bits per heavy atom. The number of rotatable bonds is 6. The SMILES string of the molecule is COc1ccc(-c2ccc(/C=C/c3ccc(C4CCC(CO)CC4)c(F)c3F)cc2)c(F)c1. The number of aliphatic hydroxyl groups is 1. The maximum Gasteiger partial charge on any atom is 0.166 e. The molecule has 1 N–H and O–H groups in total. The highest BCUT2D eigenvalue weighted by molar-refractivity contribution is 5.73. The van der Waals surface area contributed by atoms with Gasteiger partial charge in [-0.1, -0.05) is 48.6 Å². The van der Waals surface area contributed by atoms with Gasteiger partial charge in [-0.25, -0.2) is 13.2 Å². The van der Waals surface area contributed by atoms with Crippen LogP contribution in [0.15, 0.2) is 54.6 Å². The largest absolute Gasteiger partial charge is 0.497 e. The molecular formula is C28H27F3O2. The first-order chi connectivity index (χ1) is 16.0.